The predicted molar refractivity (Wildman–Crippen MR) is 72.8 cm³/mol. The molecule has 0 radical (unpaired) electrons. The summed E-state index contributed by atoms with van der Waals surface area (Å²) < 4.78 is 10.9. The van der Waals surface area contributed by atoms with E-state index in [1.807, 2.05) is 26.0 Å². The summed E-state index contributed by atoms with van der Waals surface area (Å²) in [7, 11) is -0.722. The summed E-state index contributed by atoms with van der Waals surface area (Å²) in [6.07, 6.45) is 2.61. The van der Waals surface area contributed by atoms with Gasteiger partial charge in [-0.2, -0.15) is 0 Å². The van der Waals surface area contributed by atoms with Gasteiger partial charge >= 0.3 is 0 Å². The van der Waals surface area contributed by atoms with E-state index in [4.69, 9.17) is 0 Å². The number of rotatable bonds is 6. The van der Waals surface area contributed by atoms with Crippen molar-refractivity contribution in [2.45, 2.75) is 26.3 Å². The third-order valence-electron chi connectivity index (χ3n) is 2.71. The Kier molecular flexibility index (Phi) is 5.65. The van der Waals surface area contributed by atoms with Crippen molar-refractivity contribution in [3.05, 3.63) is 29.3 Å². The Morgan fingerprint density at radius 1 is 1.47 bits per heavy atom. The Morgan fingerprint density at radius 2 is 2.18 bits per heavy atom. The second kappa shape index (κ2) is 6.77. The zero-order chi connectivity index (χ0) is 12.8. The van der Waals surface area contributed by atoms with Crippen LogP contribution in [0.5, 0.6) is 5.75 Å². The van der Waals surface area contributed by atoms with Crippen LogP contribution in [0.1, 0.15) is 30.5 Å². The molecule has 3 nitrogen and oxygen atoms in total. The normalized spacial score (nSPS) is 14.5. The van der Waals surface area contributed by atoms with E-state index >= 15 is 0 Å². The number of aryl methyl sites for hydroxylation is 1. The molecule has 17 heavy (non-hydrogen) atoms. The molecule has 0 aromatic heterocycles. The lowest BCUT2D eigenvalue weighted by Crippen LogP contribution is -2.21. The maximum atomic E-state index is 10.9. The van der Waals surface area contributed by atoms with Crippen LogP contribution in [0.15, 0.2) is 18.2 Å². The first-order chi connectivity index (χ1) is 8.00. The molecule has 0 aliphatic rings. The summed E-state index contributed by atoms with van der Waals surface area (Å²) in [5.74, 6) is 1.06. The van der Waals surface area contributed by atoms with Crippen molar-refractivity contribution in [2.24, 2.45) is 0 Å². The average molecular weight is 255 g/mol. The van der Waals surface area contributed by atoms with Crippen LogP contribution in [-0.4, -0.2) is 27.9 Å². The van der Waals surface area contributed by atoms with E-state index in [-0.39, 0.29) is 6.04 Å². The van der Waals surface area contributed by atoms with Gasteiger partial charge in [-0.05, 0) is 38.4 Å². The van der Waals surface area contributed by atoms with Crippen LogP contribution in [0.25, 0.3) is 0 Å². The third kappa shape index (κ3) is 4.88. The Morgan fingerprint density at radius 3 is 2.76 bits per heavy atom. The largest absolute Gasteiger partial charge is 0.508 e. The topological polar surface area (TPSA) is 49.3 Å². The van der Waals surface area contributed by atoms with Gasteiger partial charge in [-0.3, -0.25) is 4.21 Å². The van der Waals surface area contributed by atoms with Gasteiger partial charge in [-0.25, -0.2) is 0 Å². The van der Waals surface area contributed by atoms with E-state index in [0.29, 0.717) is 5.75 Å². The number of nitrogens with one attached hydrogen (secondary N) is 1. The number of phenols is 1. The average Bonchev–Trinajstić information content (AvgIpc) is 2.23. The molecule has 0 spiro atoms. The molecule has 0 amide bonds. The van der Waals surface area contributed by atoms with Crippen LogP contribution in [0, 0.1) is 6.92 Å². The van der Waals surface area contributed by atoms with Gasteiger partial charge in [-0.15, -0.1) is 0 Å². The minimum Gasteiger partial charge on any atom is -0.508 e. The summed E-state index contributed by atoms with van der Waals surface area (Å²) in [4.78, 5) is 0. The van der Waals surface area contributed by atoms with Gasteiger partial charge in [0.15, 0.2) is 0 Å². The second-order valence-electron chi connectivity index (χ2n) is 4.37. The van der Waals surface area contributed by atoms with Gasteiger partial charge in [0.1, 0.15) is 5.75 Å². The molecule has 0 saturated carbocycles. The predicted octanol–water partition coefficient (Wildman–Crippen LogP) is 2.12. The number of phenolic OH excluding ortho intramolecular Hbond substituents is 1. The maximum absolute atomic E-state index is 10.9. The van der Waals surface area contributed by atoms with Crippen LogP contribution in [0.3, 0.4) is 0 Å². The molecule has 0 bridgehead atoms. The van der Waals surface area contributed by atoms with Crippen molar-refractivity contribution in [3.8, 4) is 5.75 Å². The minimum absolute atomic E-state index is 0.112. The van der Waals surface area contributed by atoms with Gasteiger partial charge in [0, 0.05) is 34.4 Å². The molecular weight excluding hydrogens is 234 g/mol. The number of hydrogen-bond acceptors (Lipinski definition) is 3. The summed E-state index contributed by atoms with van der Waals surface area (Å²) in [6.45, 7) is 4.79. The lowest BCUT2D eigenvalue weighted by Gasteiger charge is -2.15. The van der Waals surface area contributed by atoms with Crippen molar-refractivity contribution >= 4 is 10.8 Å². The van der Waals surface area contributed by atoms with Crippen molar-refractivity contribution < 1.29 is 9.32 Å². The zero-order valence-electron chi connectivity index (χ0n) is 10.7. The Bertz CT molecular complexity index is 393. The summed E-state index contributed by atoms with van der Waals surface area (Å²) in [5, 5.41) is 13.1. The quantitative estimate of drug-likeness (QED) is 0.766. The Labute approximate surface area is 106 Å². The molecule has 0 heterocycles. The molecule has 4 heteroatoms. The molecule has 0 aliphatic carbocycles. The molecule has 1 aromatic rings. The molecule has 2 atom stereocenters. The van der Waals surface area contributed by atoms with Crippen molar-refractivity contribution in [1.82, 2.24) is 5.32 Å². The van der Waals surface area contributed by atoms with Gasteiger partial charge < -0.3 is 10.4 Å². The molecule has 2 N–H and O–H groups in total. The highest BCUT2D eigenvalue weighted by Crippen LogP contribution is 2.24. The second-order valence-corrected chi connectivity index (χ2v) is 5.92. The Hall–Kier alpha value is -0.870. The molecule has 1 rings (SSSR count). The SMILES string of the molecule is Cc1ccc(C(C)NCCCS(C)=O)c(O)c1. The molecule has 1 aromatic carbocycles. The monoisotopic (exact) mass is 255 g/mol. The first kappa shape index (κ1) is 14.2. The summed E-state index contributed by atoms with van der Waals surface area (Å²) in [6, 6.07) is 5.82. The fourth-order valence-electron chi connectivity index (χ4n) is 1.72. The molecule has 96 valence electrons. The van der Waals surface area contributed by atoms with Crippen LogP contribution < -0.4 is 5.32 Å². The van der Waals surface area contributed by atoms with Crippen LogP contribution in [0.4, 0.5) is 0 Å². The van der Waals surface area contributed by atoms with Crippen LogP contribution >= 0.6 is 0 Å². The first-order valence-corrected chi connectivity index (χ1v) is 7.56. The first-order valence-electron chi connectivity index (χ1n) is 5.83. The zero-order valence-corrected chi connectivity index (χ0v) is 11.5. The lowest BCUT2D eigenvalue weighted by molar-refractivity contribution is 0.452. The third-order valence-corrected chi connectivity index (χ3v) is 3.58. The summed E-state index contributed by atoms with van der Waals surface area (Å²) in [5.41, 5.74) is 1.97. The van der Waals surface area contributed by atoms with Crippen molar-refractivity contribution in [1.29, 1.82) is 0 Å². The minimum atomic E-state index is -0.722. The van der Waals surface area contributed by atoms with Gasteiger partial charge in [0.25, 0.3) is 0 Å². The maximum Gasteiger partial charge on any atom is 0.120 e. The Balaban J connectivity index is 2.46. The molecule has 0 fully saturated rings. The van der Waals surface area contributed by atoms with Gasteiger partial charge in [-0.1, -0.05) is 12.1 Å². The van der Waals surface area contributed by atoms with Crippen molar-refractivity contribution in [3.63, 3.8) is 0 Å². The van der Waals surface area contributed by atoms with E-state index in [1.54, 1.807) is 12.3 Å². The number of benzene rings is 1. The smallest absolute Gasteiger partial charge is 0.120 e. The highest BCUT2D eigenvalue weighted by Gasteiger charge is 2.09. The van der Waals surface area contributed by atoms with Crippen LogP contribution in [-0.2, 0) is 10.8 Å². The van der Waals surface area contributed by atoms with Crippen LogP contribution in [0.2, 0.25) is 0 Å². The van der Waals surface area contributed by atoms with E-state index < -0.39 is 10.8 Å². The van der Waals surface area contributed by atoms with E-state index in [2.05, 4.69) is 5.32 Å². The molecule has 0 aliphatic heterocycles. The standard InChI is InChI=1S/C13H21NO2S/c1-10-5-6-12(13(15)9-10)11(2)14-7-4-8-17(3)16/h5-6,9,11,14-15H,4,7-8H2,1-3H3. The number of aromatic hydroxyl groups is 1. The van der Waals surface area contributed by atoms with E-state index in [0.717, 1.165) is 29.8 Å². The fraction of sp³-hybridized carbons (Fsp3) is 0.538. The lowest BCUT2D eigenvalue weighted by atomic mass is 10.1. The fourth-order valence-corrected chi connectivity index (χ4v) is 2.27. The van der Waals surface area contributed by atoms with Gasteiger partial charge in [0.2, 0.25) is 0 Å². The van der Waals surface area contributed by atoms with Gasteiger partial charge in [0.05, 0.1) is 0 Å². The summed E-state index contributed by atoms with van der Waals surface area (Å²) >= 11 is 0. The van der Waals surface area contributed by atoms with E-state index in [9.17, 15) is 9.32 Å². The molecular formula is C13H21NO2S. The van der Waals surface area contributed by atoms with E-state index in [1.165, 1.54) is 0 Å². The highest BCUT2D eigenvalue weighted by molar-refractivity contribution is 7.84. The van der Waals surface area contributed by atoms with Crippen molar-refractivity contribution in [2.75, 3.05) is 18.6 Å². The molecule has 0 saturated heterocycles. The molecule has 2 unspecified atom stereocenters. The number of hydrogen-bond donors (Lipinski definition) is 2. The highest BCUT2D eigenvalue weighted by atomic mass is 32.2.